The van der Waals surface area contributed by atoms with E-state index >= 15 is 0 Å². The third kappa shape index (κ3) is 3.55. The lowest BCUT2D eigenvalue weighted by atomic mass is 10.0. The Morgan fingerprint density at radius 3 is 2.38 bits per heavy atom. The summed E-state index contributed by atoms with van der Waals surface area (Å²) >= 11 is 1.29. The van der Waals surface area contributed by atoms with Gasteiger partial charge in [-0.2, -0.15) is 0 Å². The highest BCUT2D eigenvalue weighted by Gasteiger charge is 2.20. The average Bonchev–Trinajstić information content (AvgIpc) is 3.05. The number of rotatable bonds is 5. The van der Waals surface area contributed by atoms with Crippen molar-refractivity contribution in [2.45, 2.75) is 0 Å². The smallest absolute Gasteiger partial charge is 0.344 e. The van der Waals surface area contributed by atoms with Gasteiger partial charge in [0, 0.05) is 5.56 Å². The molecule has 0 fully saturated rings. The van der Waals surface area contributed by atoms with Gasteiger partial charge in [-0.05, 0) is 17.5 Å². The van der Waals surface area contributed by atoms with E-state index in [1.54, 1.807) is 35.7 Å². The summed E-state index contributed by atoms with van der Waals surface area (Å²) < 4.78 is 9.22. The first kappa shape index (κ1) is 14.9. The quantitative estimate of drug-likeness (QED) is 0.626. The van der Waals surface area contributed by atoms with Crippen LogP contribution in [0.4, 0.5) is 0 Å². The Morgan fingerprint density at radius 1 is 1.05 bits per heavy atom. The lowest BCUT2D eigenvalue weighted by Gasteiger charge is -2.07. The largest absolute Gasteiger partial charge is 0.466 e. The van der Waals surface area contributed by atoms with Crippen LogP contribution in [0.3, 0.4) is 0 Å². The molecule has 2 aromatic rings. The number of carbonyl (C=O) groups is 3. The highest BCUT2D eigenvalue weighted by molar-refractivity contribution is 7.12. The fourth-order valence-electron chi connectivity index (χ4n) is 1.66. The first-order valence-electron chi connectivity index (χ1n) is 6.04. The minimum atomic E-state index is -0.735. The Balaban J connectivity index is 2.23. The molecule has 0 N–H and O–H groups in total. The van der Waals surface area contributed by atoms with Crippen molar-refractivity contribution in [1.82, 2.24) is 0 Å². The molecule has 1 heterocycles. The van der Waals surface area contributed by atoms with Crippen molar-refractivity contribution in [3.63, 3.8) is 0 Å². The summed E-state index contributed by atoms with van der Waals surface area (Å²) in [4.78, 5) is 35.8. The van der Waals surface area contributed by atoms with E-state index in [4.69, 9.17) is 4.74 Å². The molecule has 2 rings (SSSR count). The highest BCUT2D eigenvalue weighted by atomic mass is 32.1. The molecule has 0 unspecified atom stereocenters. The summed E-state index contributed by atoms with van der Waals surface area (Å²) in [5, 5.41) is 1.78. The zero-order valence-corrected chi connectivity index (χ0v) is 12.0. The molecule has 6 heteroatoms. The van der Waals surface area contributed by atoms with E-state index in [1.807, 2.05) is 0 Å². The minimum Gasteiger partial charge on any atom is -0.466 e. The number of benzene rings is 1. The van der Waals surface area contributed by atoms with E-state index in [1.165, 1.54) is 24.5 Å². The highest BCUT2D eigenvalue weighted by Crippen LogP contribution is 2.19. The van der Waals surface area contributed by atoms with Crippen molar-refractivity contribution in [1.29, 1.82) is 0 Å². The molecule has 108 valence electrons. The number of hydrogen-bond acceptors (Lipinski definition) is 6. The molecule has 0 aliphatic heterocycles. The van der Waals surface area contributed by atoms with Crippen LogP contribution < -0.4 is 0 Å². The SMILES string of the molecule is COC(=O)COC(=O)c1ccccc1C(=O)c1cccs1. The standard InChI is InChI=1S/C15H12O5S/c1-19-13(16)9-20-15(18)11-6-3-2-5-10(11)14(17)12-7-4-8-21-12/h2-8H,9H2,1H3. The predicted molar refractivity (Wildman–Crippen MR) is 76.5 cm³/mol. The number of ether oxygens (including phenoxy) is 2. The normalized spacial score (nSPS) is 9.95. The lowest BCUT2D eigenvalue weighted by Crippen LogP contribution is -2.17. The summed E-state index contributed by atoms with van der Waals surface area (Å²) in [6, 6.07) is 9.77. The van der Waals surface area contributed by atoms with Crippen LogP contribution in [0.25, 0.3) is 0 Å². The number of thiophene rings is 1. The lowest BCUT2D eigenvalue weighted by molar-refractivity contribution is -0.144. The molecule has 0 radical (unpaired) electrons. The van der Waals surface area contributed by atoms with Crippen LogP contribution in [0.5, 0.6) is 0 Å². The van der Waals surface area contributed by atoms with E-state index in [2.05, 4.69) is 4.74 Å². The summed E-state index contributed by atoms with van der Waals surface area (Å²) in [5.41, 5.74) is 0.370. The van der Waals surface area contributed by atoms with Crippen molar-refractivity contribution in [2.75, 3.05) is 13.7 Å². The molecule has 1 aromatic carbocycles. The summed E-state index contributed by atoms with van der Waals surface area (Å²) in [5.74, 6) is -1.65. The van der Waals surface area contributed by atoms with Crippen molar-refractivity contribution < 1.29 is 23.9 Å². The Bertz CT molecular complexity index is 660. The zero-order valence-electron chi connectivity index (χ0n) is 11.2. The van der Waals surface area contributed by atoms with Gasteiger partial charge in [-0.15, -0.1) is 11.3 Å². The van der Waals surface area contributed by atoms with Gasteiger partial charge in [-0.1, -0.05) is 24.3 Å². The average molecular weight is 304 g/mol. The van der Waals surface area contributed by atoms with Crippen molar-refractivity contribution in [2.24, 2.45) is 0 Å². The van der Waals surface area contributed by atoms with Gasteiger partial charge in [0.1, 0.15) is 0 Å². The van der Waals surface area contributed by atoms with Gasteiger partial charge in [0.25, 0.3) is 0 Å². The molecule has 0 saturated carbocycles. The topological polar surface area (TPSA) is 69.7 Å². The maximum Gasteiger partial charge on any atom is 0.344 e. The van der Waals surface area contributed by atoms with Crippen LogP contribution in [-0.4, -0.2) is 31.4 Å². The van der Waals surface area contributed by atoms with E-state index in [-0.39, 0.29) is 16.9 Å². The first-order chi connectivity index (χ1) is 10.1. The molecule has 0 amide bonds. The van der Waals surface area contributed by atoms with Crippen LogP contribution in [0.1, 0.15) is 25.6 Å². The first-order valence-corrected chi connectivity index (χ1v) is 6.92. The second-order valence-corrected chi connectivity index (χ2v) is 4.95. The van der Waals surface area contributed by atoms with Crippen LogP contribution in [0.2, 0.25) is 0 Å². The van der Waals surface area contributed by atoms with Gasteiger partial charge in [0.05, 0.1) is 17.6 Å². The molecule has 5 nitrogen and oxygen atoms in total. The van der Waals surface area contributed by atoms with E-state index in [0.717, 1.165) is 0 Å². The second-order valence-electron chi connectivity index (χ2n) is 4.00. The number of esters is 2. The van der Waals surface area contributed by atoms with Crippen LogP contribution in [0, 0.1) is 0 Å². The Labute approximate surface area is 125 Å². The zero-order chi connectivity index (χ0) is 15.2. The molecule has 0 aliphatic rings. The summed E-state index contributed by atoms with van der Waals surface area (Å²) in [6.07, 6.45) is 0. The molecule has 0 saturated heterocycles. The van der Waals surface area contributed by atoms with Gasteiger partial charge in [-0.3, -0.25) is 4.79 Å². The maximum atomic E-state index is 12.3. The molecular formula is C15H12O5S. The van der Waals surface area contributed by atoms with E-state index < -0.39 is 18.5 Å². The van der Waals surface area contributed by atoms with Gasteiger partial charge in [0.2, 0.25) is 5.78 Å². The van der Waals surface area contributed by atoms with Crippen molar-refractivity contribution in [3.8, 4) is 0 Å². The van der Waals surface area contributed by atoms with E-state index in [9.17, 15) is 14.4 Å². The predicted octanol–water partition coefficient (Wildman–Crippen LogP) is 2.31. The number of hydrogen-bond donors (Lipinski definition) is 0. The van der Waals surface area contributed by atoms with Crippen LogP contribution in [-0.2, 0) is 14.3 Å². The Hall–Kier alpha value is -2.47. The summed E-state index contributed by atoms with van der Waals surface area (Å²) in [7, 11) is 1.20. The number of methoxy groups -OCH3 is 1. The molecule has 0 atom stereocenters. The van der Waals surface area contributed by atoms with Gasteiger partial charge in [0.15, 0.2) is 6.61 Å². The molecule has 1 aromatic heterocycles. The summed E-state index contributed by atoms with van der Waals surface area (Å²) in [6.45, 7) is -0.489. The molecule has 0 bridgehead atoms. The second kappa shape index (κ2) is 6.81. The third-order valence-electron chi connectivity index (χ3n) is 2.69. The van der Waals surface area contributed by atoms with Crippen molar-refractivity contribution >= 4 is 29.1 Å². The Morgan fingerprint density at radius 2 is 1.76 bits per heavy atom. The molecular weight excluding hydrogens is 292 g/mol. The Kier molecular flexibility index (Phi) is 4.84. The fourth-order valence-corrected chi connectivity index (χ4v) is 2.34. The van der Waals surface area contributed by atoms with Gasteiger partial charge < -0.3 is 9.47 Å². The third-order valence-corrected chi connectivity index (χ3v) is 3.55. The van der Waals surface area contributed by atoms with Crippen LogP contribution in [0.15, 0.2) is 41.8 Å². The van der Waals surface area contributed by atoms with Gasteiger partial charge >= 0.3 is 11.9 Å². The van der Waals surface area contributed by atoms with E-state index in [0.29, 0.717) is 4.88 Å². The fraction of sp³-hybridized carbons (Fsp3) is 0.133. The maximum absolute atomic E-state index is 12.3. The monoisotopic (exact) mass is 304 g/mol. The number of carbonyl (C=O) groups excluding carboxylic acids is 3. The van der Waals surface area contributed by atoms with Crippen LogP contribution >= 0.6 is 11.3 Å². The molecule has 0 spiro atoms. The molecule has 0 aliphatic carbocycles. The van der Waals surface area contributed by atoms with Crippen molar-refractivity contribution in [3.05, 3.63) is 57.8 Å². The molecule has 21 heavy (non-hydrogen) atoms. The minimum absolute atomic E-state index is 0.125. The number of ketones is 1. The van der Waals surface area contributed by atoms with Gasteiger partial charge in [-0.25, -0.2) is 9.59 Å².